The second-order valence-corrected chi connectivity index (χ2v) is 12.9. The predicted molar refractivity (Wildman–Crippen MR) is 167 cm³/mol. The molecule has 0 bridgehead atoms. The van der Waals surface area contributed by atoms with E-state index in [1.165, 1.54) is 61.1 Å². The number of halogens is 3. The lowest BCUT2D eigenvalue weighted by atomic mass is 9.97. The number of aromatic nitrogens is 3. The number of alkyl halides is 3. The molecule has 216 valence electrons. The highest BCUT2D eigenvalue weighted by atomic mass is 32.1. The highest BCUT2D eigenvalue weighted by molar-refractivity contribution is 7.16. The van der Waals surface area contributed by atoms with Crippen molar-refractivity contribution in [2.45, 2.75) is 84.2 Å². The number of thiophene rings is 2. The maximum atomic E-state index is 13.4. The second-order valence-electron chi connectivity index (χ2n) is 10.6. The maximum Gasteiger partial charge on any atom is 0.432 e. The van der Waals surface area contributed by atoms with Crippen molar-refractivity contribution in [2.75, 3.05) is 0 Å². The normalized spacial score (nSPS) is 12.0. The van der Waals surface area contributed by atoms with E-state index >= 15 is 0 Å². The molecule has 0 radical (unpaired) electrons. The zero-order valence-electron chi connectivity index (χ0n) is 23.6. The molecule has 0 aliphatic rings. The van der Waals surface area contributed by atoms with E-state index in [0.29, 0.717) is 5.69 Å². The minimum absolute atomic E-state index is 0.191. The highest BCUT2D eigenvalue weighted by Crippen LogP contribution is 2.42. The molecule has 4 aromatic heterocycles. The summed E-state index contributed by atoms with van der Waals surface area (Å²) in [4.78, 5) is 9.56. The lowest BCUT2D eigenvalue weighted by molar-refractivity contribution is -0.141. The third kappa shape index (κ3) is 7.09. The first-order chi connectivity index (χ1) is 19.9. The molecule has 0 saturated heterocycles. The molecule has 0 saturated carbocycles. The topological polar surface area (TPSA) is 41.6 Å². The Labute approximate surface area is 247 Å². The SMILES string of the molecule is CCCCCCc1ccc(-c2cc(-c3ccc(CCCCCC)s3)c3ccnc(-c4cc(C(F)(F)F)[nH]n4)c3c2)s1. The summed E-state index contributed by atoms with van der Waals surface area (Å²) in [5.41, 5.74) is 1.90. The number of H-pyrrole nitrogens is 1. The van der Waals surface area contributed by atoms with Gasteiger partial charge in [0.15, 0.2) is 0 Å². The number of aryl methyl sites for hydroxylation is 2. The van der Waals surface area contributed by atoms with Crippen LogP contribution >= 0.6 is 22.7 Å². The Morgan fingerprint density at radius 1 is 0.732 bits per heavy atom. The van der Waals surface area contributed by atoms with Gasteiger partial charge < -0.3 is 0 Å². The van der Waals surface area contributed by atoms with Gasteiger partial charge in [0.2, 0.25) is 0 Å². The minimum Gasteiger partial charge on any atom is -0.273 e. The van der Waals surface area contributed by atoms with Crippen LogP contribution in [0.1, 0.15) is 80.7 Å². The summed E-state index contributed by atoms with van der Waals surface area (Å²) < 4.78 is 40.1. The van der Waals surface area contributed by atoms with E-state index in [0.717, 1.165) is 50.6 Å². The lowest BCUT2D eigenvalue weighted by Crippen LogP contribution is -2.04. The first-order valence-corrected chi connectivity index (χ1v) is 16.2. The van der Waals surface area contributed by atoms with Crippen LogP contribution in [-0.4, -0.2) is 15.2 Å². The zero-order valence-corrected chi connectivity index (χ0v) is 25.2. The molecular weight excluding hydrogens is 560 g/mol. The molecule has 5 aromatic rings. The number of fused-ring (bicyclic) bond motifs is 1. The van der Waals surface area contributed by atoms with Crippen molar-refractivity contribution in [3.63, 3.8) is 0 Å². The number of hydrogen-bond acceptors (Lipinski definition) is 4. The van der Waals surface area contributed by atoms with Gasteiger partial charge in [-0.3, -0.25) is 10.1 Å². The molecule has 8 heteroatoms. The van der Waals surface area contributed by atoms with Crippen LogP contribution in [0.3, 0.4) is 0 Å². The van der Waals surface area contributed by atoms with E-state index < -0.39 is 11.9 Å². The van der Waals surface area contributed by atoms with E-state index in [9.17, 15) is 13.2 Å². The maximum absolute atomic E-state index is 13.4. The van der Waals surface area contributed by atoms with Gasteiger partial charge in [-0.2, -0.15) is 18.3 Å². The molecule has 3 nitrogen and oxygen atoms in total. The fraction of sp³-hybridized carbons (Fsp3) is 0.394. The average molecular weight is 596 g/mol. The zero-order chi connectivity index (χ0) is 28.8. The van der Waals surface area contributed by atoms with Crippen molar-refractivity contribution in [3.8, 4) is 32.3 Å². The number of rotatable bonds is 13. The third-order valence-electron chi connectivity index (χ3n) is 7.43. The van der Waals surface area contributed by atoms with Crippen LogP contribution in [0.5, 0.6) is 0 Å². The molecule has 0 aliphatic carbocycles. The van der Waals surface area contributed by atoms with Crippen LogP contribution in [0.2, 0.25) is 0 Å². The molecule has 0 aliphatic heterocycles. The summed E-state index contributed by atoms with van der Waals surface area (Å²) in [5.74, 6) is 0. The molecule has 4 heterocycles. The molecule has 0 fully saturated rings. The van der Waals surface area contributed by atoms with Crippen molar-refractivity contribution >= 4 is 33.4 Å². The van der Waals surface area contributed by atoms with E-state index in [2.05, 4.69) is 65.4 Å². The first-order valence-electron chi connectivity index (χ1n) is 14.6. The Bertz CT molecular complexity index is 1580. The van der Waals surface area contributed by atoms with Gasteiger partial charge in [0, 0.05) is 36.7 Å². The summed E-state index contributed by atoms with van der Waals surface area (Å²) in [5, 5.41) is 7.93. The van der Waals surface area contributed by atoms with Gasteiger partial charge in [-0.05, 0) is 85.2 Å². The summed E-state index contributed by atoms with van der Waals surface area (Å²) in [7, 11) is 0. The number of unbranched alkanes of at least 4 members (excludes halogenated alkanes) is 6. The van der Waals surface area contributed by atoms with Crippen LogP contribution in [0.15, 0.2) is 54.7 Å². The van der Waals surface area contributed by atoms with Crippen molar-refractivity contribution in [1.29, 1.82) is 0 Å². The Morgan fingerprint density at radius 2 is 1.39 bits per heavy atom. The molecular formula is C33H36F3N3S2. The Kier molecular flexibility index (Phi) is 9.60. The van der Waals surface area contributed by atoms with Crippen LogP contribution in [0.4, 0.5) is 13.2 Å². The number of aromatic amines is 1. The second kappa shape index (κ2) is 13.3. The molecule has 0 atom stereocenters. The van der Waals surface area contributed by atoms with E-state index in [1.807, 2.05) is 6.07 Å². The van der Waals surface area contributed by atoms with Gasteiger partial charge in [0.1, 0.15) is 11.4 Å². The van der Waals surface area contributed by atoms with Crippen LogP contribution in [0.25, 0.3) is 43.0 Å². The van der Waals surface area contributed by atoms with E-state index in [4.69, 9.17) is 0 Å². The Balaban J connectivity index is 1.57. The number of nitrogens with one attached hydrogen (secondary N) is 1. The summed E-state index contributed by atoms with van der Waals surface area (Å²) in [6.07, 6.45) is 9.08. The number of nitrogens with zero attached hydrogens (tertiary/aromatic N) is 2. The van der Waals surface area contributed by atoms with Gasteiger partial charge in [0.25, 0.3) is 0 Å². The molecule has 1 aromatic carbocycles. The fourth-order valence-electron chi connectivity index (χ4n) is 5.20. The van der Waals surface area contributed by atoms with Crippen molar-refractivity contribution < 1.29 is 13.2 Å². The number of benzene rings is 1. The lowest BCUT2D eigenvalue weighted by Gasteiger charge is -2.11. The quantitative estimate of drug-likeness (QED) is 0.138. The third-order valence-corrected chi connectivity index (χ3v) is 9.80. The van der Waals surface area contributed by atoms with E-state index in [1.54, 1.807) is 28.9 Å². The van der Waals surface area contributed by atoms with Gasteiger partial charge in [-0.15, -0.1) is 22.7 Å². The molecule has 1 N–H and O–H groups in total. The monoisotopic (exact) mass is 595 g/mol. The Morgan fingerprint density at radius 3 is 2.02 bits per heavy atom. The Hall–Kier alpha value is -2.97. The highest BCUT2D eigenvalue weighted by Gasteiger charge is 2.33. The summed E-state index contributed by atoms with van der Waals surface area (Å²) >= 11 is 3.60. The number of hydrogen-bond donors (Lipinski definition) is 1. The molecule has 0 unspecified atom stereocenters. The van der Waals surface area contributed by atoms with Gasteiger partial charge in [-0.25, -0.2) is 0 Å². The van der Waals surface area contributed by atoms with E-state index in [-0.39, 0.29) is 5.69 Å². The molecule has 0 amide bonds. The fourth-order valence-corrected chi connectivity index (χ4v) is 7.32. The van der Waals surface area contributed by atoms with Crippen LogP contribution in [-0.2, 0) is 19.0 Å². The number of pyridine rings is 1. The minimum atomic E-state index is -4.50. The summed E-state index contributed by atoms with van der Waals surface area (Å²) in [6.45, 7) is 4.44. The first kappa shape index (κ1) is 29.5. The largest absolute Gasteiger partial charge is 0.432 e. The van der Waals surface area contributed by atoms with Crippen molar-refractivity contribution in [1.82, 2.24) is 15.2 Å². The van der Waals surface area contributed by atoms with Crippen molar-refractivity contribution in [2.24, 2.45) is 0 Å². The van der Waals surface area contributed by atoms with Crippen LogP contribution in [0, 0.1) is 0 Å². The summed E-state index contributed by atoms with van der Waals surface area (Å²) in [6, 6.07) is 16.1. The van der Waals surface area contributed by atoms with Gasteiger partial charge >= 0.3 is 6.18 Å². The predicted octanol–water partition coefficient (Wildman–Crippen LogP) is 11.3. The molecule has 5 rings (SSSR count). The average Bonchev–Trinajstić information content (AvgIpc) is 3.74. The molecule has 0 spiro atoms. The van der Waals surface area contributed by atoms with Crippen LogP contribution < -0.4 is 0 Å². The van der Waals surface area contributed by atoms with Gasteiger partial charge in [-0.1, -0.05) is 52.4 Å². The standard InChI is InChI=1S/C33H36F3N3S2/c1-3-5-7-9-11-23-13-15-29(40-23)22-19-26(30-16-14-24(41-30)12-10-8-6-4-2)25-17-18-37-32(27(25)20-22)28-21-31(39-38-28)33(34,35)36/h13-21H,3-12H2,1-2H3,(H,38,39). The van der Waals surface area contributed by atoms with Crippen molar-refractivity contribution in [3.05, 3.63) is 70.2 Å². The van der Waals surface area contributed by atoms with Gasteiger partial charge in [0.05, 0.1) is 5.69 Å². The smallest absolute Gasteiger partial charge is 0.273 e. The molecule has 41 heavy (non-hydrogen) atoms.